The minimum absolute atomic E-state index is 0.125. The van der Waals surface area contributed by atoms with Gasteiger partial charge < -0.3 is 14.2 Å². The molecule has 28 heavy (non-hydrogen) atoms. The third-order valence-corrected chi connectivity index (χ3v) is 5.00. The third kappa shape index (κ3) is 5.66. The lowest BCUT2D eigenvalue weighted by Gasteiger charge is -2.29. The average Bonchev–Trinajstić information content (AvgIpc) is 2.73. The first-order chi connectivity index (χ1) is 13.7. The van der Waals surface area contributed by atoms with Gasteiger partial charge in [-0.25, -0.2) is 4.39 Å². The van der Waals surface area contributed by atoms with Crippen LogP contribution < -0.4 is 4.74 Å². The lowest BCUT2D eigenvalue weighted by atomic mass is 10.0. The molecule has 0 radical (unpaired) electrons. The van der Waals surface area contributed by atoms with Gasteiger partial charge in [0.15, 0.2) is 17.9 Å². The Labute approximate surface area is 167 Å². The van der Waals surface area contributed by atoms with Crippen molar-refractivity contribution in [3.05, 3.63) is 66.5 Å². The number of rotatable bonds is 9. The Bertz CT molecular complexity index is 749. The van der Waals surface area contributed by atoms with Crippen molar-refractivity contribution < 1.29 is 18.6 Å². The van der Waals surface area contributed by atoms with Crippen molar-refractivity contribution in [3.63, 3.8) is 0 Å². The molecule has 0 spiro atoms. The Morgan fingerprint density at radius 2 is 1.79 bits per heavy atom. The number of aryl methyl sites for hydroxylation is 1. The number of ether oxygens (including phenoxy) is 3. The maximum atomic E-state index is 14.1. The van der Waals surface area contributed by atoms with Crippen LogP contribution in [0.3, 0.4) is 0 Å². The number of allylic oxidation sites excluding steroid dienone is 1. The van der Waals surface area contributed by atoms with Gasteiger partial charge in [0.25, 0.3) is 0 Å². The summed E-state index contributed by atoms with van der Waals surface area (Å²) in [7, 11) is 0. The van der Waals surface area contributed by atoms with Crippen molar-refractivity contribution in [1.29, 1.82) is 0 Å². The molecule has 3 rings (SSSR count). The monoisotopic (exact) mass is 384 g/mol. The predicted molar refractivity (Wildman–Crippen MR) is 110 cm³/mol. The zero-order valence-electron chi connectivity index (χ0n) is 16.5. The molecule has 2 aromatic carbocycles. The van der Waals surface area contributed by atoms with Crippen molar-refractivity contribution in [2.24, 2.45) is 5.92 Å². The molecular formula is C24H29FO3. The quantitative estimate of drug-likeness (QED) is 0.513. The molecule has 0 saturated carbocycles. The SMILES string of the molecule is C=CCCC1COC(CCc2ccc(-c3ccc(OCC)c(F)c3)cc2)OC1. The van der Waals surface area contributed by atoms with E-state index in [1.54, 1.807) is 6.07 Å². The van der Waals surface area contributed by atoms with Crippen LogP contribution in [0.4, 0.5) is 4.39 Å². The van der Waals surface area contributed by atoms with E-state index >= 15 is 0 Å². The van der Waals surface area contributed by atoms with Crippen LogP contribution in [0.15, 0.2) is 55.1 Å². The summed E-state index contributed by atoms with van der Waals surface area (Å²) in [6.07, 6.45) is 5.62. The van der Waals surface area contributed by atoms with Gasteiger partial charge in [0.2, 0.25) is 0 Å². The van der Waals surface area contributed by atoms with E-state index in [9.17, 15) is 4.39 Å². The molecule has 1 aliphatic rings. The molecule has 0 atom stereocenters. The number of hydrogen-bond acceptors (Lipinski definition) is 3. The summed E-state index contributed by atoms with van der Waals surface area (Å²) in [5, 5.41) is 0. The number of benzene rings is 2. The molecule has 1 saturated heterocycles. The molecule has 4 heteroatoms. The summed E-state index contributed by atoms with van der Waals surface area (Å²) >= 11 is 0. The standard InChI is InChI=1S/C24H29FO3/c1-3-5-6-19-16-27-24(28-17-19)14-9-18-7-10-20(11-8-18)21-12-13-23(26-4-2)22(25)15-21/h3,7-8,10-13,15,19,24H,1,4-6,9,14,16-17H2,2H3. The zero-order valence-corrected chi connectivity index (χ0v) is 16.5. The van der Waals surface area contributed by atoms with E-state index in [0.29, 0.717) is 18.3 Å². The summed E-state index contributed by atoms with van der Waals surface area (Å²) in [5.41, 5.74) is 3.05. The highest BCUT2D eigenvalue weighted by Crippen LogP contribution is 2.26. The summed E-state index contributed by atoms with van der Waals surface area (Å²) in [4.78, 5) is 0. The van der Waals surface area contributed by atoms with E-state index in [1.165, 1.54) is 11.6 Å². The summed E-state index contributed by atoms with van der Waals surface area (Å²) in [6, 6.07) is 13.3. The maximum Gasteiger partial charge on any atom is 0.165 e. The highest BCUT2D eigenvalue weighted by molar-refractivity contribution is 5.64. The van der Waals surface area contributed by atoms with Crippen LogP contribution in [0.2, 0.25) is 0 Å². The van der Waals surface area contributed by atoms with Gasteiger partial charge in [-0.15, -0.1) is 6.58 Å². The molecule has 2 aromatic rings. The topological polar surface area (TPSA) is 27.7 Å². The van der Waals surface area contributed by atoms with Crippen molar-refractivity contribution in [2.45, 2.75) is 38.9 Å². The lowest BCUT2D eigenvalue weighted by Crippen LogP contribution is -2.32. The molecule has 1 aliphatic heterocycles. The normalized spacial score (nSPS) is 19.4. The minimum atomic E-state index is -0.332. The largest absolute Gasteiger partial charge is 0.491 e. The van der Waals surface area contributed by atoms with Gasteiger partial charge in [-0.05, 0) is 55.0 Å². The molecule has 1 heterocycles. The van der Waals surface area contributed by atoms with Gasteiger partial charge in [-0.1, -0.05) is 36.4 Å². The maximum absolute atomic E-state index is 14.1. The van der Waals surface area contributed by atoms with Crippen LogP contribution in [-0.2, 0) is 15.9 Å². The van der Waals surface area contributed by atoms with E-state index in [-0.39, 0.29) is 12.1 Å². The Balaban J connectivity index is 1.50. The molecule has 0 aromatic heterocycles. The average molecular weight is 384 g/mol. The van der Waals surface area contributed by atoms with Crippen molar-refractivity contribution in [3.8, 4) is 16.9 Å². The van der Waals surface area contributed by atoms with Crippen LogP contribution in [0, 0.1) is 11.7 Å². The fourth-order valence-corrected chi connectivity index (χ4v) is 3.37. The molecule has 150 valence electrons. The van der Waals surface area contributed by atoms with Crippen LogP contribution >= 0.6 is 0 Å². The van der Waals surface area contributed by atoms with Gasteiger partial charge >= 0.3 is 0 Å². The van der Waals surface area contributed by atoms with Crippen LogP contribution in [0.25, 0.3) is 11.1 Å². The van der Waals surface area contributed by atoms with Crippen molar-refractivity contribution in [2.75, 3.05) is 19.8 Å². The van der Waals surface area contributed by atoms with E-state index in [2.05, 4.69) is 18.7 Å². The fraction of sp³-hybridized carbons (Fsp3) is 0.417. The highest BCUT2D eigenvalue weighted by atomic mass is 19.1. The molecule has 0 bridgehead atoms. The first kappa shape index (κ1) is 20.6. The Kier molecular flexibility index (Phi) is 7.63. The zero-order chi connectivity index (χ0) is 19.8. The van der Waals surface area contributed by atoms with Crippen molar-refractivity contribution >= 4 is 0 Å². The second kappa shape index (κ2) is 10.4. The highest BCUT2D eigenvalue weighted by Gasteiger charge is 2.21. The molecule has 0 aliphatic carbocycles. The molecule has 3 nitrogen and oxygen atoms in total. The molecule has 0 amide bonds. The number of halogens is 1. The van der Waals surface area contributed by atoms with Crippen molar-refractivity contribution in [1.82, 2.24) is 0 Å². The summed E-state index contributed by atoms with van der Waals surface area (Å²) in [6.45, 7) is 7.58. The van der Waals surface area contributed by atoms with Gasteiger partial charge in [0.05, 0.1) is 19.8 Å². The van der Waals surface area contributed by atoms with E-state index in [4.69, 9.17) is 14.2 Å². The fourth-order valence-electron chi connectivity index (χ4n) is 3.37. The smallest absolute Gasteiger partial charge is 0.165 e. The van der Waals surface area contributed by atoms with Crippen LogP contribution in [0.5, 0.6) is 5.75 Å². The van der Waals surface area contributed by atoms with Crippen LogP contribution in [0.1, 0.15) is 31.7 Å². The van der Waals surface area contributed by atoms with Crippen LogP contribution in [-0.4, -0.2) is 26.1 Å². The van der Waals surface area contributed by atoms with Gasteiger partial charge in [-0.2, -0.15) is 0 Å². The van der Waals surface area contributed by atoms with Gasteiger partial charge in [0.1, 0.15) is 0 Å². The van der Waals surface area contributed by atoms with Gasteiger partial charge in [0, 0.05) is 12.3 Å². The Morgan fingerprint density at radius 3 is 2.43 bits per heavy atom. The van der Waals surface area contributed by atoms with Gasteiger partial charge in [-0.3, -0.25) is 0 Å². The minimum Gasteiger partial charge on any atom is -0.491 e. The first-order valence-corrected chi connectivity index (χ1v) is 10.1. The third-order valence-electron chi connectivity index (χ3n) is 5.00. The second-order valence-electron chi connectivity index (χ2n) is 7.14. The first-order valence-electron chi connectivity index (χ1n) is 10.1. The van der Waals surface area contributed by atoms with E-state index in [1.807, 2.05) is 31.2 Å². The van der Waals surface area contributed by atoms with E-state index in [0.717, 1.165) is 50.0 Å². The van der Waals surface area contributed by atoms with E-state index < -0.39 is 0 Å². The molecule has 0 N–H and O–H groups in total. The Hall–Kier alpha value is -2.17. The lowest BCUT2D eigenvalue weighted by molar-refractivity contribution is -0.203. The summed E-state index contributed by atoms with van der Waals surface area (Å²) < 4.78 is 31.0. The second-order valence-corrected chi connectivity index (χ2v) is 7.14. The summed E-state index contributed by atoms with van der Waals surface area (Å²) in [5.74, 6) is 0.437. The number of hydrogen-bond donors (Lipinski definition) is 0. The molecule has 1 fully saturated rings. The molecule has 0 unspecified atom stereocenters. The predicted octanol–water partition coefficient (Wildman–Crippen LogP) is 5.78. The Morgan fingerprint density at radius 1 is 1.07 bits per heavy atom. The molecular weight excluding hydrogens is 355 g/mol.